The van der Waals surface area contributed by atoms with Gasteiger partial charge in [-0.1, -0.05) is 36.4 Å². The summed E-state index contributed by atoms with van der Waals surface area (Å²) in [6.07, 6.45) is 2.04. The maximum atomic E-state index is 10.1. The highest BCUT2D eigenvalue weighted by Gasteiger charge is 2.58. The first-order valence-corrected chi connectivity index (χ1v) is 11.2. The Morgan fingerprint density at radius 2 is 1.93 bits per heavy atom. The number of hydrogen-bond donors (Lipinski definition) is 1. The number of nitriles is 3. The number of nitrogens with one attached hydrogen (secondary N) is 1. The van der Waals surface area contributed by atoms with Gasteiger partial charge in [-0.05, 0) is 33.1 Å². The van der Waals surface area contributed by atoms with Crippen molar-refractivity contribution < 1.29 is 0 Å². The zero-order valence-electron chi connectivity index (χ0n) is 16.0. The molecule has 0 saturated heterocycles. The van der Waals surface area contributed by atoms with Crippen molar-refractivity contribution in [3.05, 3.63) is 68.3 Å². The number of nitrogens with zero attached hydrogens (tertiary/aromatic N) is 4. The molecule has 30 heavy (non-hydrogen) atoms. The molecular formula is C23H18BrN5S. The van der Waals surface area contributed by atoms with Crippen molar-refractivity contribution in [1.29, 1.82) is 21.2 Å². The van der Waals surface area contributed by atoms with E-state index in [1.54, 1.807) is 0 Å². The van der Waals surface area contributed by atoms with E-state index in [1.165, 1.54) is 16.9 Å². The quantitative estimate of drug-likeness (QED) is 0.640. The summed E-state index contributed by atoms with van der Waals surface area (Å²) in [5.41, 5.74) is 0.325. The number of halogens is 1. The molecule has 1 aliphatic heterocycles. The Morgan fingerprint density at radius 3 is 2.53 bits per heavy atom. The van der Waals surface area contributed by atoms with E-state index in [0.717, 1.165) is 21.5 Å². The van der Waals surface area contributed by atoms with Crippen LogP contribution in [0.3, 0.4) is 0 Å². The summed E-state index contributed by atoms with van der Waals surface area (Å²) >= 11 is 4.97. The molecule has 1 aromatic carbocycles. The third-order valence-electron chi connectivity index (χ3n) is 6.01. The molecule has 0 amide bonds. The Hall–Kier alpha value is -2.76. The number of thiophene rings is 1. The van der Waals surface area contributed by atoms with Crippen LogP contribution in [0, 0.1) is 56.7 Å². The first kappa shape index (κ1) is 20.5. The average Bonchev–Trinajstić information content (AvgIpc) is 3.19. The van der Waals surface area contributed by atoms with Crippen LogP contribution in [0.15, 0.2) is 57.9 Å². The molecule has 1 saturated carbocycles. The van der Waals surface area contributed by atoms with Crippen LogP contribution in [0.5, 0.6) is 0 Å². The topological polar surface area (TPSA) is 98.5 Å². The Kier molecular flexibility index (Phi) is 5.58. The summed E-state index contributed by atoms with van der Waals surface area (Å²) < 4.78 is 0.892. The minimum atomic E-state index is -1.65. The van der Waals surface area contributed by atoms with Crippen molar-refractivity contribution in [3.63, 3.8) is 0 Å². The Bertz CT molecular complexity index is 1120. The normalized spacial score (nSPS) is 25.3. The molecule has 2 aromatic rings. The van der Waals surface area contributed by atoms with Crippen LogP contribution in [-0.2, 0) is 6.54 Å². The standard InChI is InChI=1S/C23H18BrN5S/c24-16-8-20(30-12-16)21-19-11-29(10-15-4-2-1-3-5-15)7-6-17(19)18(9-25)22(28)23(21,13-26)14-27/h1-6,8,12,18-19,21,28H,7,10-11H2/t18?,19-,21-/m0/s1. The third kappa shape index (κ3) is 3.28. The predicted octanol–water partition coefficient (Wildman–Crippen LogP) is 4.86. The Morgan fingerprint density at radius 1 is 1.20 bits per heavy atom. The van der Waals surface area contributed by atoms with Gasteiger partial charge >= 0.3 is 0 Å². The van der Waals surface area contributed by atoms with Gasteiger partial charge in [0.2, 0.25) is 0 Å². The molecule has 148 valence electrons. The van der Waals surface area contributed by atoms with Crippen LogP contribution in [0.4, 0.5) is 0 Å². The van der Waals surface area contributed by atoms with Crippen LogP contribution in [-0.4, -0.2) is 23.7 Å². The summed E-state index contributed by atoms with van der Waals surface area (Å²) in [6.45, 7) is 2.07. The van der Waals surface area contributed by atoms with E-state index in [1.807, 2.05) is 35.7 Å². The van der Waals surface area contributed by atoms with E-state index in [2.05, 4.69) is 51.2 Å². The van der Waals surface area contributed by atoms with Gasteiger partial charge in [0, 0.05) is 46.2 Å². The molecule has 1 N–H and O–H groups in total. The van der Waals surface area contributed by atoms with Crippen LogP contribution >= 0.6 is 27.3 Å². The molecule has 0 spiro atoms. The fourth-order valence-electron chi connectivity index (χ4n) is 4.63. The molecule has 2 aliphatic rings. The lowest BCUT2D eigenvalue weighted by Crippen LogP contribution is -2.52. The minimum Gasteiger partial charge on any atom is -0.305 e. The van der Waals surface area contributed by atoms with Crippen molar-refractivity contribution >= 4 is 33.0 Å². The zero-order chi connectivity index (χ0) is 21.3. The molecule has 2 heterocycles. The van der Waals surface area contributed by atoms with Gasteiger partial charge in [0.25, 0.3) is 0 Å². The number of hydrogen-bond acceptors (Lipinski definition) is 6. The van der Waals surface area contributed by atoms with Gasteiger partial charge in [-0.15, -0.1) is 11.3 Å². The molecular weight excluding hydrogens is 458 g/mol. The highest BCUT2D eigenvalue weighted by molar-refractivity contribution is 9.10. The van der Waals surface area contributed by atoms with Crippen LogP contribution < -0.4 is 0 Å². The molecule has 1 fully saturated rings. The van der Waals surface area contributed by atoms with E-state index < -0.39 is 17.3 Å². The van der Waals surface area contributed by atoms with E-state index in [4.69, 9.17) is 5.41 Å². The van der Waals surface area contributed by atoms with Gasteiger partial charge in [0.15, 0.2) is 5.41 Å². The van der Waals surface area contributed by atoms with E-state index in [-0.39, 0.29) is 11.6 Å². The van der Waals surface area contributed by atoms with Gasteiger partial charge in [0.1, 0.15) is 5.92 Å². The van der Waals surface area contributed by atoms with Gasteiger partial charge in [-0.3, -0.25) is 4.90 Å². The summed E-state index contributed by atoms with van der Waals surface area (Å²) in [6, 6.07) is 18.6. The molecule has 0 radical (unpaired) electrons. The second-order valence-corrected chi connectivity index (χ2v) is 9.50. The van der Waals surface area contributed by atoms with Crippen molar-refractivity contribution in [2.75, 3.05) is 13.1 Å². The van der Waals surface area contributed by atoms with E-state index in [0.29, 0.717) is 13.1 Å². The van der Waals surface area contributed by atoms with Gasteiger partial charge < -0.3 is 5.41 Å². The lowest BCUT2D eigenvalue weighted by molar-refractivity contribution is 0.199. The van der Waals surface area contributed by atoms with Crippen molar-refractivity contribution in [3.8, 4) is 18.2 Å². The first-order valence-electron chi connectivity index (χ1n) is 9.55. The number of fused-ring (bicyclic) bond motifs is 1. The molecule has 0 bridgehead atoms. The molecule has 4 rings (SSSR count). The van der Waals surface area contributed by atoms with Gasteiger partial charge in [-0.25, -0.2) is 0 Å². The number of benzene rings is 1. The third-order valence-corrected chi connectivity index (χ3v) is 7.79. The van der Waals surface area contributed by atoms with Crippen molar-refractivity contribution in [2.45, 2.75) is 12.5 Å². The monoisotopic (exact) mass is 475 g/mol. The molecule has 1 aliphatic carbocycles. The minimum absolute atomic E-state index is 0.0940. The SMILES string of the molecule is N#CC1C(=N)C(C#N)(C#N)[C@H](c2cc(Br)cs2)[C@H]2CN(Cc3ccccc3)CC=C12. The van der Waals surface area contributed by atoms with E-state index >= 15 is 0 Å². The Balaban J connectivity index is 1.80. The molecule has 7 heteroatoms. The average molecular weight is 476 g/mol. The predicted molar refractivity (Wildman–Crippen MR) is 119 cm³/mol. The highest BCUT2D eigenvalue weighted by Crippen LogP contribution is 2.54. The fourth-order valence-corrected chi connectivity index (χ4v) is 6.31. The summed E-state index contributed by atoms with van der Waals surface area (Å²) in [7, 11) is 0. The van der Waals surface area contributed by atoms with Gasteiger partial charge in [-0.2, -0.15) is 15.8 Å². The summed E-state index contributed by atoms with van der Waals surface area (Å²) in [5.74, 6) is -1.48. The second-order valence-electron chi connectivity index (χ2n) is 7.64. The maximum absolute atomic E-state index is 10.1. The Labute approximate surface area is 188 Å². The second kappa shape index (κ2) is 8.17. The van der Waals surface area contributed by atoms with Crippen molar-refractivity contribution in [1.82, 2.24) is 4.90 Å². The fraction of sp³-hybridized carbons (Fsp3) is 0.304. The van der Waals surface area contributed by atoms with Crippen molar-refractivity contribution in [2.24, 2.45) is 17.3 Å². The molecule has 5 nitrogen and oxygen atoms in total. The molecule has 3 atom stereocenters. The highest BCUT2D eigenvalue weighted by atomic mass is 79.9. The zero-order valence-corrected chi connectivity index (χ0v) is 18.4. The lowest BCUT2D eigenvalue weighted by atomic mass is 9.55. The molecule has 1 aromatic heterocycles. The first-order chi connectivity index (χ1) is 14.5. The van der Waals surface area contributed by atoms with E-state index in [9.17, 15) is 15.8 Å². The van der Waals surface area contributed by atoms with Gasteiger partial charge in [0.05, 0.1) is 23.9 Å². The summed E-state index contributed by atoms with van der Waals surface area (Å²) in [5, 5.41) is 40.6. The smallest absolute Gasteiger partial charge is 0.190 e. The number of rotatable bonds is 3. The van der Waals surface area contributed by atoms with Crippen LogP contribution in [0.2, 0.25) is 0 Å². The van der Waals surface area contributed by atoms with Crippen LogP contribution in [0.25, 0.3) is 0 Å². The molecule has 1 unspecified atom stereocenters. The van der Waals surface area contributed by atoms with Crippen LogP contribution in [0.1, 0.15) is 16.4 Å². The maximum Gasteiger partial charge on any atom is 0.190 e. The largest absolute Gasteiger partial charge is 0.305 e. The lowest BCUT2D eigenvalue weighted by Gasteiger charge is -2.47. The summed E-state index contributed by atoms with van der Waals surface area (Å²) in [4.78, 5) is 3.17.